The van der Waals surface area contributed by atoms with Gasteiger partial charge in [0.2, 0.25) is 0 Å². The highest BCUT2D eigenvalue weighted by Gasteiger charge is 1.91. The van der Waals surface area contributed by atoms with Gasteiger partial charge in [0.15, 0.2) is 0 Å². The van der Waals surface area contributed by atoms with Crippen LogP contribution in [0.2, 0.25) is 0 Å². The number of aromatic nitrogens is 2. The summed E-state index contributed by atoms with van der Waals surface area (Å²) in [6.45, 7) is 0.0291. The molecule has 0 saturated carbocycles. The van der Waals surface area contributed by atoms with Crippen molar-refractivity contribution in [2.75, 3.05) is 0 Å². The second-order valence-corrected chi connectivity index (χ2v) is 3.36. The fraction of sp³-hybridized carbons (Fsp3) is 0.0769. The Kier molecular flexibility index (Phi) is 3.41. The first-order chi connectivity index (χ1) is 7.88. The van der Waals surface area contributed by atoms with Crippen LogP contribution in [0.5, 0.6) is 0 Å². The summed E-state index contributed by atoms with van der Waals surface area (Å²) >= 11 is 0. The van der Waals surface area contributed by atoms with Crippen molar-refractivity contribution >= 4 is 12.2 Å². The fourth-order valence-corrected chi connectivity index (χ4v) is 1.28. The number of hydrogen-bond donors (Lipinski definition) is 1. The lowest BCUT2D eigenvalue weighted by molar-refractivity contribution is 0.281. The van der Waals surface area contributed by atoms with E-state index >= 15 is 0 Å². The van der Waals surface area contributed by atoms with Crippen molar-refractivity contribution in [3.63, 3.8) is 0 Å². The summed E-state index contributed by atoms with van der Waals surface area (Å²) in [5, 5.41) is 8.87. The van der Waals surface area contributed by atoms with Gasteiger partial charge in [-0.1, -0.05) is 12.1 Å². The normalized spacial score (nSPS) is 10.8. The van der Waals surface area contributed by atoms with Crippen LogP contribution in [0.4, 0.5) is 0 Å². The first-order valence-corrected chi connectivity index (χ1v) is 5.02. The quantitative estimate of drug-likeness (QED) is 0.847. The Labute approximate surface area is 94.1 Å². The molecule has 0 aliphatic rings. The molecular formula is C13H12N2O. The molecule has 3 heteroatoms. The summed E-state index contributed by atoms with van der Waals surface area (Å²) < 4.78 is 0. The zero-order valence-corrected chi connectivity index (χ0v) is 8.74. The van der Waals surface area contributed by atoms with Crippen molar-refractivity contribution in [2.24, 2.45) is 0 Å². The predicted octanol–water partition coefficient (Wildman–Crippen LogP) is 2.14. The molecular weight excluding hydrogens is 200 g/mol. The average molecular weight is 212 g/mol. The van der Waals surface area contributed by atoms with Gasteiger partial charge in [0.1, 0.15) is 0 Å². The first kappa shape index (κ1) is 10.5. The minimum atomic E-state index is 0.0291. The highest BCUT2D eigenvalue weighted by atomic mass is 16.3. The lowest BCUT2D eigenvalue weighted by Crippen LogP contribution is -1.86. The summed E-state index contributed by atoms with van der Waals surface area (Å²) in [6.07, 6.45) is 9.08. The van der Waals surface area contributed by atoms with E-state index in [0.29, 0.717) is 0 Å². The molecule has 0 bridgehead atoms. The molecule has 0 aliphatic heterocycles. The highest BCUT2D eigenvalue weighted by molar-refractivity contribution is 5.67. The van der Waals surface area contributed by atoms with Crippen LogP contribution in [-0.4, -0.2) is 15.1 Å². The smallest absolute Gasteiger partial charge is 0.0696 e. The summed E-state index contributed by atoms with van der Waals surface area (Å²) in [7, 11) is 0. The second kappa shape index (κ2) is 5.19. The maximum absolute atomic E-state index is 8.87. The first-order valence-electron chi connectivity index (χ1n) is 5.02. The van der Waals surface area contributed by atoms with Crippen LogP contribution in [0.15, 0.2) is 42.9 Å². The fourth-order valence-electron chi connectivity index (χ4n) is 1.28. The van der Waals surface area contributed by atoms with Gasteiger partial charge in [0.25, 0.3) is 0 Å². The summed E-state index contributed by atoms with van der Waals surface area (Å²) in [4.78, 5) is 8.15. The Hall–Kier alpha value is -2.00. The predicted molar refractivity (Wildman–Crippen MR) is 63.3 cm³/mol. The molecule has 16 heavy (non-hydrogen) atoms. The Morgan fingerprint density at radius 1 is 1.06 bits per heavy atom. The number of pyridine rings is 2. The molecule has 3 nitrogen and oxygen atoms in total. The van der Waals surface area contributed by atoms with Gasteiger partial charge < -0.3 is 5.11 Å². The van der Waals surface area contributed by atoms with Crippen LogP contribution in [-0.2, 0) is 6.61 Å². The van der Waals surface area contributed by atoms with E-state index in [1.54, 1.807) is 18.6 Å². The minimum absolute atomic E-state index is 0.0291. The van der Waals surface area contributed by atoms with E-state index in [9.17, 15) is 0 Å². The van der Waals surface area contributed by atoms with Gasteiger partial charge in [-0.25, -0.2) is 0 Å². The third-order valence-corrected chi connectivity index (χ3v) is 2.18. The molecule has 0 saturated heterocycles. The molecule has 0 radical (unpaired) electrons. The third kappa shape index (κ3) is 2.74. The van der Waals surface area contributed by atoms with E-state index in [1.807, 2.05) is 36.4 Å². The molecule has 80 valence electrons. The number of hydrogen-bond acceptors (Lipinski definition) is 3. The zero-order valence-electron chi connectivity index (χ0n) is 8.74. The van der Waals surface area contributed by atoms with Crippen LogP contribution in [0.1, 0.15) is 16.8 Å². The lowest BCUT2D eigenvalue weighted by atomic mass is 10.2. The van der Waals surface area contributed by atoms with Crippen molar-refractivity contribution in [3.05, 3.63) is 59.7 Å². The van der Waals surface area contributed by atoms with Gasteiger partial charge in [-0.05, 0) is 35.4 Å². The number of aliphatic hydroxyl groups is 1. The summed E-state index contributed by atoms with van der Waals surface area (Å²) in [5.41, 5.74) is 2.78. The molecule has 2 aromatic heterocycles. The van der Waals surface area contributed by atoms with Crippen LogP contribution in [0, 0.1) is 0 Å². The Morgan fingerprint density at radius 3 is 2.50 bits per heavy atom. The molecule has 0 unspecified atom stereocenters. The van der Waals surface area contributed by atoms with E-state index in [4.69, 9.17) is 5.11 Å². The molecule has 2 heterocycles. The van der Waals surface area contributed by atoms with Crippen LogP contribution in [0.3, 0.4) is 0 Å². The van der Waals surface area contributed by atoms with Crippen molar-refractivity contribution in [2.45, 2.75) is 6.61 Å². The average Bonchev–Trinajstić information content (AvgIpc) is 2.38. The van der Waals surface area contributed by atoms with Crippen molar-refractivity contribution in [1.82, 2.24) is 9.97 Å². The lowest BCUT2D eigenvalue weighted by Gasteiger charge is -1.96. The molecule has 0 atom stereocenters. The monoisotopic (exact) mass is 212 g/mol. The van der Waals surface area contributed by atoms with Crippen LogP contribution < -0.4 is 0 Å². The molecule has 0 fully saturated rings. The van der Waals surface area contributed by atoms with Crippen LogP contribution >= 0.6 is 0 Å². The van der Waals surface area contributed by atoms with Gasteiger partial charge in [-0.15, -0.1) is 0 Å². The molecule has 2 rings (SSSR count). The van der Waals surface area contributed by atoms with Gasteiger partial charge >= 0.3 is 0 Å². The SMILES string of the molecule is OCc1ccc(/C=C/c2ccncc2)nc1. The topological polar surface area (TPSA) is 46.0 Å². The molecule has 2 aromatic rings. The molecule has 0 aromatic carbocycles. The van der Waals surface area contributed by atoms with Crippen LogP contribution in [0.25, 0.3) is 12.2 Å². The Bertz CT molecular complexity index is 463. The van der Waals surface area contributed by atoms with Crippen molar-refractivity contribution in [3.8, 4) is 0 Å². The number of nitrogens with zero attached hydrogens (tertiary/aromatic N) is 2. The third-order valence-electron chi connectivity index (χ3n) is 2.18. The summed E-state index contributed by atoms with van der Waals surface area (Å²) in [6, 6.07) is 7.60. The second-order valence-electron chi connectivity index (χ2n) is 3.36. The molecule has 0 aliphatic carbocycles. The molecule has 0 spiro atoms. The number of rotatable bonds is 3. The van der Waals surface area contributed by atoms with Crippen molar-refractivity contribution in [1.29, 1.82) is 0 Å². The largest absolute Gasteiger partial charge is 0.392 e. The van der Waals surface area contributed by atoms with E-state index in [2.05, 4.69) is 9.97 Å². The van der Waals surface area contributed by atoms with Gasteiger partial charge in [-0.3, -0.25) is 9.97 Å². The van der Waals surface area contributed by atoms with E-state index < -0.39 is 0 Å². The zero-order chi connectivity index (χ0) is 11.2. The van der Waals surface area contributed by atoms with E-state index in [-0.39, 0.29) is 6.61 Å². The van der Waals surface area contributed by atoms with Crippen molar-refractivity contribution < 1.29 is 5.11 Å². The van der Waals surface area contributed by atoms with Gasteiger partial charge in [0.05, 0.1) is 12.3 Å². The molecule has 0 amide bonds. The highest BCUT2D eigenvalue weighted by Crippen LogP contribution is 2.06. The number of aliphatic hydroxyl groups excluding tert-OH is 1. The summed E-state index contributed by atoms with van der Waals surface area (Å²) in [5.74, 6) is 0. The Morgan fingerprint density at radius 2 is 1.88 bits per heavy atom. The maximum atomic E-state index is 8.87. The molecule has 1 N–H and O–H groups in total. The maximum Gasteiger partial charge on any atom is 0.0696 e. The van der Waals surface area contributed by atoms with Gasteiger partial charge in [-0.2, -0.15) is 0 Å². The van der Waals surface area contributed by atoms with E-state index in [0.717, 1.165) is 16.8 Å². The standard InChI is InChI=1S/C13H12N2O/c16-10-12-2-4-13(15-9-12)3-1-11-5-7-14-8-6-11/h1-9,16H,10H2/b3-1+. The Balaban J connectivity index is 2.12. The minimum Gasteiger partial charge on any atom is -0.392 e. The van der Waals surface area contributed by atoms with Gasteiger partial charge in [0, 0.05) is 18.6 Å². The van der Waals surface area contributed by atoms with E-state index in [1.165, 1.54) is 0 Å².